The molecule has 7 heteroatoms. The third-order valence-electron chi connectivity index (χ3n) is 4.36. The van der Waals surface area contributed by atoms with Crippen molar-refractivity contribution in [3.05, 3.63) is 48.3 Å². The predicted octanol–water partition coefficient (Wildman–Crippen LogP) is 4.06. The second-order valence-electron chi connectivity index (χ2n) is 6.62. The summed E-state index contributed by atoms with van der Waals surface area (Å²) < 4.78 is 2.12. The van der Waals surface area contributed by atoms with Crippen LogP contribution in [0.1, 0.15) is 54.7 Å². The molecular formula is C20H24N4O2S. The van der Waals surface area contributed by atoms with Crippen molar-refractivity contribution in [2.45, 2.75) is 50.2 Å². The van der Waals surface area contributed by atoms with E-state index in [1.165, 1.54) is 19.8 Å². The van der Waals surface area contributed by atoms with Crippen molar-refractivity contribution in [1.82, 2.24) is 14.8 Å². The van der Waals surface area contributed by atoms with Gasteiger partial charge in [-0.1, -0.05) is 30.0 Å². The summed E-state index contributed by atoms with van der Waals surface area (Å²) in [5.74, 6) is 2.22. The van der Waals surface area contributed by atoms with Crippen molar-refractivity contribution in [3.63, 3.8) is 0 Å². The third-order valence-corrected chi connectivity index (χ3v) is 5.41. The SMILES string of the molecule is C=CCn1c(SCCCC(=O)Nc2ccccc2C(C)=O)nnc1C1CC1. The number of hydrogen-bond acceptors (Lipinski definition) is 5. The van der Waals surface area contributed by atoms with Crippen LogP contribution in [0.3, 0.4) is 0 Å². The van der Waals surface area contributed by atoms with Gasteiger partial charge in [0.1, 0.15) is 5.82 Å². The number of Topliss-reactive ketones (excluding diaryl/α,β-unsaturated/α-hetero) is 1. The molecule has 1 N–H and O–H groups in total. The summed E-state index contributed by atoms with van der Waals surface area (Å²) in [4.78, 5) is 23.8. The number of allylic oxidation sites excluding steroid dienone is 1. The molecule has 1 aromatic heterocycles. The normalized spacial score (nSPS) is 13.4. The highest BCUT2D eigenvalue weighted by atomic mass is 32.2. The first-order chi connectivity index (χ1) is 13.1. The first kappa shape index (κ1) is 19.4. The van der Waals surface area contributed by atoms with Crippen LogP contribution < -0.4 is 5.32 Å². The van der Waals surface area contributed by atoms with Gasteiger partial charge in [0, 0.05) is 30.2 Å². The zero-order chi connectivity index (χ0) is 19.2. The zero-order valence-corrected chi connectivity index (χ0v) is 16.3. The zero-order valence-electron chi connectivity index (χ0n) is 15.5. The van der Waals surface area contributed by atoms with Crippen LogP contribution in [0.4, 0.5) is 5.69 Å². The number of thioether (sulfide) groups is 1. The van der Waals surface area contributed by atoms with Crippen LogP contribution in [0, 0.1) is 0 Å². The minimum atomic E-state index is -0.0875. The summed E-state index contributed by atoms with van der Waals surface area (Å²) in [6, 6.07) is 7.07. The summed E-state index contributed by atoms with van der Waals surface area (Å²) in [5, 5.41) is 12.3. The lowest BCUT2D eigenvalue weighted by molar-refractivity contribution is -0.116. The molecule has 1 saturated carbocycles. The number of hydrogen-bond donors (Lipinski definition) is 1. The number of benzene rings is 1. The third kappa shape index (κ3) is 5.07. The molecule has 1 aliphatic carbocycles. The van der Waals surface area contributed by atoms with Crippen molar-refractivity contribution in [3.8, 4) is 0 Å². The molecule has 0 saturated heterocycles. The quantitative estimate of drug-likeness (QED) is 0.289. The molecule has 1 amide bonds. The van der Waals surface area contributed by atoms with E-state index in [0.29, 0.717) is 30.1 Å². The van der Waals surface area contributed by atoms with Gasteiger partial charge >= 0.3 is 0 Å². The number of carbonyl (C=O) groups excluding carboxylic acids is 2. The van der Waals surface area contributed by atoms with Crippen LogP contribution in [0.5, 0.6) is 0 Å². The molecular weight excluding hydrogens is 360 g/mol. The average molecular weight is 385 g/mol. The number of anilines is 1. The van der Waals surface area contributed by atoms with Crippen molar-refractivity contribution in [2.24, 2.45) is 0 Å². The molecule has 3 rings (SSSR count). The predicted molar refractivity (Wildman–Crippen MR) is 107 cm³/mol. The summed E-state index contributed by atoms with van der Waals surface area (Å²) in [5.41, 5.74) is 1.10. The highest BCUT2D eigenvalue weighted by Gasteiger charge is 2.30. The number of ketones is 1. The van der Waals surface area contributed by atoms with E-state index in [0.717, 1.165) is 23.2 Å². The largest absolute Gasteiger partial charge is 0.325 e. The number of rotatable bonds is 10. The summed E-state index contributed by atoms with van der Waals surface area (Å²) in [6.45, 7) is 6.02. The van der Waals surface area contributed by atoms with Gasteiger partial charge in [0.25, 0.3) is 0 Å². The monoisotopic (exact) mass is 384 g/mol. The van der Waals surface area contributed by atoms with E-state index >= 15 is 0 Å². The standard InChI is InChI=1S/C20H24N4O2S/c1-3-12-24-19(15-10-11-15)22-23-20(24)27-13-6-9-18(26)21-17-8-5-4-7-16(17)14(2)25/h3-5,7-8,15H,1,6,9-13H2,2H3,(H,21,26). The second-order valence-corrected chi connectivity index (χ2v) is 7.68. The van der Waals surface area contributed by atoms with Crippen molar-refractivity contribution in [2.75, 3.05) is 11.1 Å². The van der Waals surface area contributed by atoms with E-state index in [-0.39, 0.29) is 11.7 Å². The van der Waals surface area contributed by atoms with Gasteiger partial charge in [-0.3, -0.25) is 9.59 Å². The maximum Gasteiger partial charge on any atom is 0.224 e. The van der Waals surface area contributed by atoms with E-state index in [1.54, 1.807) is 30.0 Å². The van der Waals surface area contributed by atoms with Crippen LogP contribution in [0.15, 0.2) is 42.1 Å². The van der Waals surface area contributed by atoms with Crippen LogP contribution >= 0.6 is 11.8 Å². The van der Waals surface area contributed by atoms with Crippen molar-refractivity contribution >= 4 is 29.1 Å². The maximum atomic E-state index is 12.2. The van der Waals surface area contributed by atoms with E-state index in [9.17, 15) is 9.59 Å². The van der Waals surface area contributed by atoms with Crippen molar-refractivity contribution < 1.29 is 9.59 Å². The minimum Gasteiger partial charge on any atom is -0.325 e. The molecule has 1 heterocycles. The number of aromatic nitrogens is 3. The summed E-state index contributed by atoms with van der Waals surface area (Å²) >= 11 is 1.62. The van der Waals surface area contributed by atoms with Gasteiger partial charge in [0.15, 0.2) is 10.9 Å². The lowest BCUT2D eigenvalue weighted by Crippen LogP contribution is -2.14. The van der Waals surface area contributed by atoms with Crippen LogP contribution in [-0.2, 0) is 11.3 Å². The Labute approximate surface area is 163 Å². The van der Waals surface area contributed by atoms with E-state index in [2.05, 4.69) is 26.7 Å². The Morgan fingerprint density at radius 1 is 1.33 bits per heavy atom. The van der Waals surface area contributed by atoms with Gasteiger partial charge in [-0.05, 0) is 38.3 Å². The average Bonchev–Trinajstić information content (AvgIpc) is 3.42. The molecule has 1 aromatic carbocycles. The topological polar surface area (TPSA) is 76.9 Å². The molecule has 1 fully saturated rings. The lowest BCUT2D eigenvalue weighted by atomic mass is 10.1. The number of para-hydroxylation sites is 1. The molecule has 2 aromatic rings. The fraction of sp³-hybridized carbons (Fsp3) is 0.400. The second kappa shape index (κ2) is 8.99. The van der Waals surface area contributed by atoms with Crippen LogP contribution in [0.2, 0.25) is 0 Å². The van der Waals surface area contributed by atoms with Gasteiger partial charge in [0.05, 0.1) is 5.69 Å². The van der Waals surface area contributed by atoms with Gasteiger partial charge < -0.3 is 9.88 Å². The number of nitrogens with one attached hydrogen (secondary N) is 1. The fourth-order valence-corrected chi connectivity index (χ4v) is 3.75. The molecule has 1 aliphatic rings. The molecule has 27 heavy (non-hydrogen) atoms. The highest BCUT2D eigenvalue weighted by molar-refractivity contribution is 7.99. The van der Waals surface area contributed by atoms with E-state index < -0.39 is 0 Å². The van der Waals surface area contributed by atoms with E-state index in [1.807, 2.05) is 12.1 Å². The van der Waals surface area contributed by atoms with Crippen LogP contribution in [-0.4, -0.2) is 32.2 Å². The number of carbonyl (C=O) groups is 2. The Bertz CT molecular complexity index is 842. The summed E-state index contributed by atoms with van der Waals surface area (Å²) in [6.07, 6.45) is 5.34. The Kier molecular flexibility index (Phi) is 6.45. The molecule has 0 bridgehead atoms. The van der Waals surface area contributed by atoms with Gasteiger partial charge in [-0.15, -0.1) is 16.8 Å². The minimum absolute atomic E-state index is 0.0607. The van der Waals surface area contributed by atoms with Crippen LogP contribution in [0.25, 0.3) is 0 Å². The van der Waals surface area contributed by atoms with Gasteiger partial charge in [-0.25, -0.2) is 0 Å². The molecule has 0 radical (unpaired) electrons. The molecule has 0 aliphatic heterocycles. The molecule has 142 valence electrons. The van der Waals surface area contributed by atoms with Gasteiger partial charge in [0.2, 0.25) is 5.91 Å². The molecule has 6 nitrogen and oxygen atoms in total. The Morgan fingerprint density at radius 2 is 2.11 bits per heavy atom. The molecule has 0 unspecified atom stereocenters. The first-order valence-corrected chi connectivity index (χ1v) is 10.1. The molecule has 0 atom stereocenters. The Morgan fingerprint density at radius 3 is 2.81 bits per heavy atom. The van der Waals surface area contributed by atoms with Gasteiger partial charge in [-0.2, -0.15) is 0 Å². The Hall–Kier alpha value is -2.41. The fourth-order valence-electron chi connectivity index (χ4n) is 2.86. The summed E-state index contributed by atoms with van der Waals surface area (Å²) in [7, 11) is 0. The lowest BCUT2D eigenvalue weighted by Gasteiger charge is -2.09. The molecule has 0 spiro atoms. The maximum absolute atomic E-state index is 12.2. The number of amides is 1. The Balaban J connectivity index is 1.49. The smallest absolute Gasteiger partial charge is 0.224 e. The highest BCUT2D eigenvalue weighted by Crippen LogP contribution is 2.40. The van der Waals surface area contributed by atoms with Crippen molar-refractivity contribution in [1.29, 1.82) is 0 Å². The van der Waals surface area contributed by atoms with E-state index in [4.69, 9.17) is 0 Å². The number of nitrogens with zero attached hydrogens (tertiary/aromatic N) is 3. The first-order valence-electron chi connectivity index (χ1n) is 9.16.